The van der Waals surface area contributed by atoms with E-state index in [-0.39, 0.29) is 5.91 Å². The molecule has 166 valence electrons. The van der Waals surface area contributed by atoms with Crippen molar-refractivity contribution in [1.29, 1.82) is 5.26 Å². The molecule has 34 heavy (non-hydrogen) atoms. The molecule has 0 aliphatic rings. The summed E-state index contributed by atoms with van der Waals surface area (Å²) < 4.78 is 1.65. The highest BCUT2D eigenvalue weighted by atomic mass is 16.1. The number of benzene rings is 2. The number of fused-ring (bicyclic) bond motifs is 1. The number of aromatic amines is 1. The van der Waals surface area contributed by atoms with Gasteiger partial charge in [-0.05, 0) is 29.3 Å². The van der Waals surface area contributed by atoms with Crippen LogP contribution < -0.4 is 5.32 Å². The van der Waals surface area contributed by atoms with Crippen LogP contribution in [-0.2, 0) is 17.6 Å². The van der Waals surface area contributed by atoms with Gasteiger partial charge in [0.25, 0.3) is 0 Å². The van der Waals surface area contributed by atoms with Gasteiger partial charge in [-0.1, -0.05) is 42.5 Å². The minimum absolute atomic E-state index is 0.0853. The third-order valence-corrected chi connectivity index (χ3v) is 5.54. The van der Waals surface area contributed by atoms with Crippen molar-refractivity contribution in [3.63, 3.8) is 0 Å². The van der Waals surface area contributed by atoms with Gasteiger partial charge in [0.2, 0.25) is 5.91 Å². The van der Waals surface area contributed by atoms with E-state index in [2.05, 4.69) is 31.4 Å². The SMILES string of the molecule is N#CC(Cc1cccc(NC(=O)Cc2ccccc2)c1)n1cc(-c2ncnc3[nH]ccc23)cn1. The number of anilines is 1. The molecule has 0 fully saturated rings. The summed E-state index contributed by atoms with van der Waals surface area (Å²) in [5.41, 5.74) is 4.91. The maximum Gasteiger partial charge on any atom is 0.228 e. The van der Waals surface area contributed by atoms with Crippen molar-refractivity contribution in [2.24, 2.45) is 0 Å². The molecule has 1 atom stereocenters. The molecule has 0 aliphatic carbocycles. The molecule has 1 amide bonds. The quantitative estimate of drug-likeness (QED) is 0.386. The standard InChI is InChI=1S/C26H21N7O/c27-14-22(33-16-20(15-31-33)25-23-9-10-28-26(23)30-17-29-25)12-19-7-4-8-21(11-19)32-24(34)13-18-5-2-1-3-6-18/h1-11,15-17,22H,12-13H2,(H,32,34)(H,28,29,30). The molecule has 0 spiro atoms. The van der Waals surface area contributed by atoms with Crippen molar-refractivity contribution >= 4 is 22.6 Å². The second-order valence-corrected chi connectivity index (χ2v) is 7.93. The Bertz CT molecular complexity index is 1480. The first-order chi connectivity index (χ1) is 16.7. The first kappa shape index (κ1) is 21.1. The molecule has 3 heterocycles. The van der Waals surface area contributed by atoms with Crippen molar-refractivity contribution in [3.05, 3.63) is 96.7 Å². The van der Waals surface area contributed by atoms with E-state index in [1.165, 1.54) is 6.33 Å². The van der Waals surface area contributed by atoms with E-state index in [4.69, 9.17) is 0 Å². The molecule has 5 rings (SSSR count). The second kappa shape index (κ2) is 9.38. The molecule has 8 nitrogen and oxygen atoms in total. The van der Waals surface area contributed by atoms with Crippen LogP contribution in [0, 0.1) is 11.3 Å². The fraction of sp³-hybridized carbons (Fsp3) is 0.115. The molecule has 3 aromatic heterocycles. The largest absolute Gasteiger partial charge is 0.346 e. The topological polar surface area (TPSA) is 112 Å². The Morgan fingerprint density at radius 3 is 2.79 bits per heavy atom. The van der Waals surface area contributed by atoms with E-state index in [1.807, 2.05) is 73.1 Å². The Labute approximate surface area is 195 Å². The van der Waals surface area contributed by atoms with Crippen molar-refractivity contribution in [3.8, 4) is 17.3 Å². The minimum Gasteiger partial charge on any atom is -0.346 e. The maximum atomic E-state index is 12.4. The third-order valence-electron chi connectivity index (χ3n) is 5.54. The van der Waals surface area contributed by atoms with E-state index in [0.717, 1.165) is 33.4 Å². The highest BCUT2D eigenvalue weighted by Gasteiger charge is 2.16. The molecular weight excluding hydrogens is 426 g/mol. The molecule has 8 heteroatoms. The van der Waals surface area contributed by atoms with Gasteiger partial charge in [-0.25, -0.2) is 9.97 Å². The smallest absolute Gasteiger partial charge is 0.228 e. The lowest BCUT2D eigenvalue weighted by Crippen LogP contribution is -2.15. The van der Waals surface area contributed by atoms with Crippen LogP contribution in [-0.4, -0.2) is 30.6 Å². The number of carbonyl (C=O) groups excluding carboxylic acids is 1. The number of hydrogen-bond donors (Lipinski definition) is 2. The van der Waals surface area contributed by atoms with Crippen LogP contribution in [0.2, 0.25) is 0 Å². The van der Waals surface area contributed by atoms with E-state index >= 15 is 0 Å². The van der Waals surface area contributed by atoms with Crippen molar-refractivity contribution < 1.29 is 4.79 Å². The number of nitrogens with one attached hydrogen (secondary N) is 2. The van der Waals surface area contributed by atoms with Gasteiger partial charge in [-0.2, -0.15) is 10.4 Å². The monoisotopic (exact) mass is 447 g/mol. The average molecular weight is 448 g/mol. The lowest BCUT2D eigenvalue weighted by Gasteiger charge is -2.12. The van der Waals surface area contributed by atoms with Crippen LogP contribution in [0.15, 0.2) is 85.6 Å². The summed E-state index contributed by atoms with van der Waals surface area (Å²) >= 11 is 0. The number of carbonyl (C=O) groups is 1. The fourth-order valence-corrected chi connectivity index (χ4v) is 3.92. The predicted octanol–water partition coefficient (Wildman–Crippen LogP) is 4.31. The number of rotatable bonds is 7. The molecule has 0 bridgehead atoms. The molecular formula is C26H21N7O. The Morgan fingerprint density at radius 1 is 1.09 bits per heavy atom. The first-order valence-corrected chi connectivity index (χ1v) is 10.8. The number of H-pyrrole nitrogens is 1. The fourth-order valence-electron chi connectivity index (χ4n) is 3.92. The van der Waals surface area contributed by atoms with Gasteiger partial charge in [-0.3, -0.25) is 9.48 Å². The summed E-state index contributed by atoms with van der Waals surface area (Å²) in [5.74, 6) is -0.0853. The number of nitriles is 1. The van der Waals surface area contributed by atoms with Crippen LogP contribution in [0.3, 0.4) is 0 Å². The molecule has 0 saturated heterocycles. The normalized spacial score (nSPS) is 11.7. The summed E-state index contributed by atoms with van der Waals surface area (Å²) in [4.78, 5) is 24.1. The lowest BCUT2D eigenvalue weighted by molar-refractivity contribution is -0.115. The van der Waals surface area contributed by atoms with Gasteiger partial charge in [-0.15, -0.1) is 0 Å². The van der Waals surface area contributed by atoms with Crippen LogP contribution in [0.1, 0.15) is 17.2 Å². The lowest BCUT2D eigenvalue weighted by atomic mass is 10.1. The summed E-state index contributed by atoms with van der Waals surface area (Å²) in [6.45, 7) is 0. The highest BCUT2D eigenvalue weighted by Crippen LogP contribution is 2.26. The minimum atomic E-state index is -0.507. The molecule has 2 N–H and O–H groups in total. The van der Waals surface area contributed by atoms with Gasteiger partial charge < -0.3 is 10.3 Å². The number of aromatic nitrogens is 5. The molecule has 2 aromatic carbocycles. The van der Waals surface area contributed by atoms with Crippen LogP contribution in [0.4, 0.5) is 5.69 Å². The molecule has 0 saturated carbocycles. The summed E-state index contributed by atoms with van der Waals surface area (Å²) in [6, 6.07) is 20.9. The van der Waals surface area contributed by atoms with E-state index < -0.39 is 6.04 Å². The highest BCUT2D eigenvalue weighted by molar-refractivity contribution is 5.92. The Kier molecular flexibility index (Phi) is 5.82. The number of hydrogen-bond acceptors (Lipinski definition) is 5. The van der Waals surface area contributed by atoms with Gasteiger partial charge in [0.15, 0.2) is 0 Å². The molecule has 1 unspecified atom stereocenters. The first-order valence-electron chi connectivity index (χ1n) is 10.8. The Balaban J connectivity index is 1.30. The second-order valence-electron chi connectivity index (χ2n) is 7.93. The summed E-state index contributed by atoms with van der Waals surface area (Å²) in [5, 5.41) is 18.1. The van der Waals surface area contributed by atoms with Gasteiger partial charge >= 0.3 is 0 Å². The van der Waals surface area contributed by atoms with Gasteiger partial charge in [0.05, 0.1) is 24.4 Å². The maximum absolute atomic E-state index is 12.4. The molecule has 0 aliphatic heterocycles. The zero-order chi connectivity index (χ0) is 23.3. The van der Waals surface area contributed by atoms with Crippen LogP contribution in [0.5, 0.6) is 0 Å². The van der Waals surface area contributed by atoms with E-state index in [1.54, 1.807) is 10.9 Å². The van der Waals surface area contributed by atoms with Gasteiger partial charge in [0, 0.05) is 35.5 Å². The van der Waals surface area contributed by atoms with E-state index in [9.17, 15) is 10.1 Å². The van der Waals surface area contributed by atoms with Crippen molar-refractivity contribution in [1.82, 2.24) is 24.7 Å². The van der Waals surface area contributed by atoms with E-state index in [0.29, 0.717) is 18.5 Å². The zero-order valence-corrected chi connectivity index (χ0v) is 18.2. The average Bonchev–Trinajstić information content (AvgIpc) is 3.53. The Hall–Kier alpha value is -4.77. The summed E-state index contributed by atoms with van der Waals surface area (Å²) in [6.07, 6.45) is 7.61. The summed E-state index contributed by atoms with van der Waals surface area (Å²) in [7, 11) is 0. The molecule has 0 radical (unpaired) electrons. The number of amides is 1. The zero-order valence-electron chi connectivity index (χ0n) is 18.2. The van der Waals surface area contributed by atoms with Crippen LogP contribution in [0.25, 0.3) is 22.3 Å². The predicted molar refractivity (Wildman–Crippen MR) is 129 cm³/mol. The molecule has 5 aromatic rings. The van der Waals surface area contributed by atoms with Crippen molar-refractivity contribution in [2.45, 2.75) is 18.9 Å². The number of nitrogens with zero attached hydrogens (tertiary/aromatic N) is 5. The van der Waals surface area contributed by atoms with Gasteiger partial charge in [0.1, 0.15) is 18.0 Å². The Morgan fingerprint density at radius 2 is 1.94 bits per heavy atom. The third kappa shape index (κ3) is 4.54. The van der Waals surface area contributed by atoms with Crippen LogP contribution >= 0.6 is 0 Å². The van der Waals surface area contributed by atoms with Crippen molar-refractivity contribution in [2.75, 3.05) is 5.32 Å².